The Morgan fingerprint density at radius 1 is 0.933 bits per heavy atom. The van der Waals surface area contributed by atoms with Crippen molar-refractivity contribution in [3.8, 4) is 0 Å². The molecule has 1 rings (SSSR count). The van der Waals surface area contributed by atoms with Gasteiger partial charge in [-0.2, -0.15) is 0 Å². The highest BCUT2D eigenvalue weighted by molar-refractivity contribution is 9.09. The maximum absolute atomic E-state index is 3.75. The lowest BCUT2D eigenvalue weighted by Gasteiger charge is -2.14. The molecule has 0 bridgehead atoms. The summed E-state index contributed by atoms with van der Waals surface area (Å²) in [5.74, 6) is 1.36. The van der Waals surface area contributed by atoms with Crippen LogP contribution >= 0.6 is 15.9 Å². The third-order valence-electron chi connectivity index (χ3n) is 2.64. The van der Waals surface area contributed by atoms with Crippen LogP contribution < -0.4 is 0 Å². The summed E-state index contributed by atoms with van der Waals surface area (Å²) in [6.07, 6.45) is 1.20. The van der Waals surface area contributed by atoms with Gasteiger partial charge in [-0.15, -0.1) is 0 Å². The molecule has 0 fully saturated rings. The van der Waals surface area contributed by atoms with Gasteiger partial charge in [0.2, 0.25) is 0 Å². The molecule has 1 aromatic carbocycles. The van der Waals surface area contributed by atoms with Crippen LogP contribution in [0.1, 0.15) is 56.0 Å². The summed E-state index contributed by atoms with van der Waals surface area (Å²) < 4.78 is 0. The van der Waals surface area contributed by atoms with Crippen LogP contribution in [0.2, 0.25) is 0 Å². The zero-order chi connectivity index (χ0) is 11.4. The molecular formula is C14H21Br. The monoisotopic (exact) mass is 268 g/mol. The highest BCUT2D eigenvalue weighted by Gasteiger charge is 2.09. The van der Waals surface area contributed by atoms with Gasteiger partial charge in [0.15, 0.2) is 0 Å². The van der Waals surface area contributed by atoms with Crippen LogP contribution in [0.4, 0.5) is 0 Å². The van der Waals surface area contributed by atoms with Gasteiger partial charge in [-0.3, -0.25) is 0 Å². The Hall–Kier alpha value is -0.300. The van der Waals surface area contributed by atoms with E-state index in [9.17, 15) is 0 Å². The van der Waals surface area contributed by atoms with E-state index in [2.05, 4.69) is 67.9 Å². The number of rotatable bonds is 4. The quantitative estimate of drug-likeness (QED) is 0.651. The first-order chi connectivity index (χ1) is 7.00. The van der Waals surface area contributed by atoms with E-state index >= 15 is 0 Å². The summed E-state index contributed by atoms with van der Waals surface area (Å²) in [4.78, 5) is 0.499. The maximum atomic E-state index is 3.75. The lowest BCUT2D eigenvalue weighted by atomic mass is 9.98. The first-order valence-corrected chi connectivity index (χ1v) is 6.66. The van der Waals surface area contributed by atoms with Gasteiger partial charge in [-0.25, -0.2) is 0 Å². The van der Waals surface area contributed by atoms with Crippen molar-refractivity contribution in [2.24, 2.45) is 5.92 Å². The molecule has 0 aliphatic rings. The SMILES string of the molecule is CC(C)CC(Br)c1ccc(C(C)C)cc1. The fourth-order valence-electron chi connectivity index (χ4n) is 1.64. The van der Waals surface area contributed by atoms with Crippen molar-refractivity contribution >= 4 is 15.9 Å². The van der Waals surface area contributed by atoms with Crippen LogP contribution in [-0.4, -0.2) is 0 Å². The normalized spacial score (nSPS) is 13.5. The maximum Gasteiger partial charge on any atom is 0.0397 e. The minimum atomic E-state index is 0.499. The zero-order valence-electron chi connectivity index (χ0n) is 10.1. The molecule has 0 spiro atoms. The predicted molar refractivity (Wildman–Crippen MR) is 71.7 cm³/mol. The van der Waals surface area contributed by atoms with Crippen LogP contribution in [-0.2, 0) is 0 Å². The van der Waals surface area contributed by atoms with Gasteiger partial charge in [0.05, 0.1) is 0 Å². The molecule has 1 heteroatoms. The van der Waals surface area contributed by atoms with Crippen LogP contribution in [0, 0.1) is 5.92 Å². The van der Waals surface area contributed by atoms with E-state index in [1.54, 1.807) is 0 Å². The van der Waals surface area contributed by atoms with Crippen molar-refractivity contribution in [1.82, 2.24) is 0 Å². The Bertz CT molecular complexity index is 285. The van der Waals surface area contributed by atoms with E-state index in [1.165, 1.54) is 17.5 Å². The molecule has 0 aliphatic carbocycles. The molecule has 15 heavy (non-hydrogen) atoms. The lowest BCUT2D eigenvalue weighted by Crippen LogP contribution is -1.96. The van der Waals surface area contributed by atoms with Gasteiger partial charge in [0.1, 0.15) is 0 Å². The second-order valence-corrected chi connectivity index (χ2v) is 6.02. The van der Waals surface area contributed by atoms with E-state index < -0.39 is 0 Å². The smallest absolute Gasteiger partial charge is 0.0397 e. The van der Waals surface area contributed by atoms with Crippen molar-refractivity contribution in [2.45, 2.75) is 44.9 Å². The van der Waals surface area contributed by atoms with Crippen molar-refractivity contribution in [2.75, 3.05) is 0 Å². The van der Waals surface area contributed by atoms with E-state index in [-0.39, 0.29) is 0 Å². The van der Waals surface area contributed by atoms with Gasteiger partial charge < -0.3 is 0 Å². The van der Waals surface area contributed by atoms with Crippen molar-refractivity contribution in [1.29, 1.82) is 0 Å². The second kappa shape index (κ2) is 5.69. The Morgan fingerprint density at radius 3 is 1.80 bits per heavy atom. The zero-order valence-corrected chi connectivity index (χ0v) is 11.7. The molecular weight excluding hydrogens is 248 g/mol. The average Bonchev–Trinajstić information content (AvgIpc) is 2.17. The van der Waals surface area contributed by atoms with Crippen LogP contribution in [0.5, 0.6) is 0 Å². The highest BCUT2D eigenvalue weighted by Crippen LogP contribution is 2.30. The molecule has 0 N–H and O–H groups in total. The Morgan fingerprint density at radius 2 is 1.40 bits per heavy atom. The number of halogens is 1. The van der Waals surface area contributed by atoms with E-state index in [0.29, 0.717) is 10.7 Å². The standard InChI is InChI=1S/C14H21Br/c1-10(2)9-14(15)13-7-5-12(6-8-13)11(3)4/h5-8,10-11,14H,9H2,1-4H3. The van der Waals surface area contributed by atoms with Crippen molar-refractivity contribution in [3.05, 3.63) is 35.4 Å². The van der Waals surface area contributed by atoms with E-state index in [0.717, 1.165) is 5.92 Å². The van der Waals surface area contributed by atoms with Crippen LogP contribution in [0.15, 0.2) is 24.3 Å². The van der Waals surface area contributed by atoms with Crippen molar-refractivity contribution in [3.63, 3.8) is 0 Å². The molecule has 1 aromatic rings. The minimum absolute atomic E-state index is 0.499. The molecule has 84 valence electrons. The Balaban J connectivity index is 2.71. The first kappa shape index (κ1) is 12.8. The van der Waals surface area contributed by atoms with Crippen LogP contribution in [0.25, 0.3) is 0 Å². The predicted octanol–water partition coefficient (Wildman–Crippen LogP) is 5.29. The molecule has 1 unspecified atom stereocenters. The summed E-state index contributed by atoms with van der Waals surface area (Å²) in [7, 11) is 0. The summed E-state index contributed by atoms with van der Waals surface area (Å²) >= 11 is 3.75. The van der Waals surface area contributed by atoms with Gasteiger partial charge in [0, 0.05) is 4.83 Å². The fraction of sp³-hybridized carbons (Fsp3) is 0.571. The molecule has 0 aromatic heterocycles. The topological polar surface area (TPSA) is 0 Å². The van der Waals surface area contributed by atoms with Crippen molar-refractivity contribution < 1.29 is 0 Å². The first-order valence-electron chi connectivity index (χ1n) is 5.74. The van der Waals surface area contributed by atoms with Gasteiger partial charge in [-0.05, 0) is 29.4 Å². The number of benzene rings is 1. The summed E-state index contributed by atoms with van der Waals surface area (Å²) in [5, 5.41) is 0. The van der Waals surface area contributed by atoms with E-state index in [1.807, 2.05) is 0 Å². The number of hydrogen-bond acceptors (Lipinski definition) is 0. The van der Waals surface area contributed by atoms with E-state index in [4.69, 9.17) is 0 Å². The molecule has 0 amide bonds. The minimum Gasteiger partial charge on any atom is -0.0839 e. The summed E-state index contributed by atoms with van der Waals surface area (Å²) in [6.45, 7) is 8.98. The van der Waals surface area contributed by atoms with Gasteiger partial charge in [0.25, 0.3) is 0 Å². The second-order valence-electron chi connectivity index (χ2n) is 4.92. The number of hydrogen-bond donors (Lipinski definition) is 0. The third kappa shape index (κ3) is 3.98. The van der Waals surface area contributed by atoms with Gasteiger partial charge in [-0.1, -0.05) is 67.9 Å². The fourth-order valence-corrected chi connectivity index (χ4v) is 2.69. The molecule has 0 aliphatic heterocycles. The Labute approximate surface area is 102 Å². The molecule has 0 saturated heterocycles. The molecule has 1 atom stereocenters. The largest absolute Gasteiger partial charge is 0.0839 e. The molecule has 0 saturated carbocycles. The third-order valence-corrected chi connectivity index (χ3v) is 3.55. The molecule has 0 nitrogen and oxygen atoms in total. The Kier molecular flexibility index (Phi) is 4.85. The molecule has 0 heterocycles. The highest BCUT2D eigenvalue weighted by atomic mass is 79.9. The molecule has 0 radical (unpaired) electrons. The van der Waals surface area contributed by atoms with Crippen LogP contribution in [0.3, 0.4) is 0 Å². The summed E-state index contributed by atoms with van der Waals surface area (Å²) in [6, 6.07) is 8.98. The average molecular weight is 269 g/mol. The van der Waals surface area contributed by atoms with Gasteiger partial charge >= 0.3 is 0 Å². The lowest BCUT2D eigenvalue weighted by molar-refractivity contribution is 0.583. The number of alkyl halides is 1. The summed E-state index contributed by atoms with van der Waals surface area (Å²) in [5.41, 5.74) is 2.82.